The van der Waals surface area contributed by atoms with E-state index >= 15 is 0 Å². The molecule has 0 aliphatic heterocycles. The third-order valence-electron chi connectivity index (χ3n) is 2.85. The maximum atomic E-state index is 10.6. The summed E-state index contributed by atoms with van der Waals surface area (Å²) in [5.74, 6) is 1.09. The van der Waals surface area contributed by atoms with E-state index in [1.54, 1.807) is 42.9 Å². The predicted molar refractivity (Wildman–Crippen MR) is 79.7 cm³/mol. The summed E-state index contributed by atoms with van der Waals surface area (Å²) in [5.41, 5.74) is 3.96. The Morgan fingerprint density at radius 2 is 2.14 bits per heavy atom. The molecule has 0 spiro atoms. The van der Waals surface area contributed by atoms with Gasteiger partial charge in [0, 0.05) is 24.5 Å². The lowest BCUT2D eigenvalue weighted by atomic mass is 10.3. The second-order valence-corrected chi connectivity index (χ2v) is 4.29. The van der Waals surface area contributed by atoms with Crippen molar-refractivity contribution in [1.82, 2.24) is 9.97 Å². The summed E-state index contributed by atoms with van der Waals surface area (Å²) in [5, 5.41) is 14.9. The highest BCUT2D eigenvalue weighted by molar-refractivity contribution is 6.08. The number of aromatic amines is 1. The van der Waals surface area contributed by atoms with Crippen LogP contribution in [0.4, 0.5) is 11.4 Å². The largest absolute Gasteiger partial charge is 0.463 e. The maximum Gasteiger partial charge on any atom is 0.269 e. The first kappa shape index (κ1) is 13.6. The van der Waals surface area contributed by atoms with Crippen molar-refractivity contribution in [2.75, 3.05) is 5.43 Å². The number of nitro groups is 1. The van der Waals surface area contributed by atoms with Crippen LogP contribution in [0.5, 0.6) is 0 Å². The van der Waals surface area contributed by atoms with E-state index < -0.39 is 4.92 Å². The summed E-state index contributed by atoms with van der Waals surface area (Å²) in [4.78, 5) is 17.3. The zero-order valence-corrected chi connectivity index (χ0v) is 11.3. The molecule has 0 unspecified atom stereocenters. The predicted octanol–water partition coefficient (Wildman–Crippen LogP) is 2.78. The number of hydrogen-bond acceptors (Lipinski definition) is 6. The highest BCUT2D eigenvalue weighted by Gasteiger charge is 2.12. The smallest absolute Gasteiger partial charge is 0.269 e. The van der Waals surface area contributed by atoms with Crippen molar-refractivity contribution in [1.29, 1.82) is 0 Å². The number of furan rings is 1. The fourth-order valence-electron chi connectivity index (χ4n) is 1.81. The Balaban J connectivity index is 1.86. The average Bonchev–Trinajstić information content (AvgIpc) is 3.22. The summed E-state index contributed by atoms with van der Waals surface area (Å²) >= 11 is 0. The van der Waals surface area contributed by atoms with Crippen LogP contribution in [-0.2, 0) is 0 Å². The molecule has 0 saturated heterocycles. The van der Waals surface area contributed by atoms with Gasteiger partial charge >= 0.3 is 0 Å². The highest BCUT2D eigenvalue weighted by atomic mass is 16.6. The molecule has 0 atom stereocenters. The number of hydrazone groups is 1. The van der Waals surface area contributed by atoms with Gasteiger partial charge in [0.25, 0.3) is 5.69 Å². The minimum atomic E-state index is -0.454. The van der Waals surface area contributed by atoms with E-state index in [1.165, 1.54) is 12.1 Å². The Kier molecular flexibility index (Phi) is 3.65. The first-order valence-electron chi connectivity index (χ1n) is 6.36. The minimum absolute atomic E-state index is 0.0202. The number of anilines is 1. The molecule has 0 bridgehead atoms. The van der Waals surface area contributed by atoms with Crippen LogP contribution in [0.1, 0.15) is 11.6 Å². The molecular weight excluding hydrogens is 286 g/mol. The molecule has 2 heterocycles. The molecular formula is C14H11N5O3. The van der Waals surface area contributed by atoms with Crippen LogP contribution >= 0.6 is 0 Å². The number of nitrogens with zero attached hydrogens (tertiary/aromatic N) is 3. The SMILES string of the molecule is O=[N+]([O-])c1ccc(N/N=C(\c2ncc[nH]2)c2ccco2)cc1. The standard InChI is InChI=1S/C14H11N5O3/c20-19(21)11-5-3-10(4-6-11)17-18-13(12-2-1-9-22-12)14-15-7-8-16-14/h1-9,17H,(H,15,16)/b18-13-. The second kappa shape index (κ2) is 5.92. The average molecular weight is 297 g/mol. The fraction of sp³-hybridized carbons (Fsp3) is 0. The maximum absolute atomic E-state index is 10.6. The summed E-state index contributed by atoms with van der Waals surface area (Å²) in [6.45, 7) is 0. The van der Waals surface area contributed by atoms with Crippen molar-refractivity contribution in [3.05, 3.63) is 76.8 Å². The van der Waals surface area contributed by atoms with Crippen molar-refractivity contribution in [2.24, 2.45) is 5.10 Å². The number of rotatable bonds is 5. The molecule has 0 fully saturated rings. The van der Waals surface area contributed by atoms with Crippen LogP contribution < -0.4 is 5.43 Å². The van der Waals surface area contributed by atoms with E-state index in [0.717, 1.165) is 0 Å². The third kappa shape index (κ3) is 2.85. The molecule has 3 aromatic rings. The number of benzene rings is 1. The van der Waals surface area contributed by atoms with E-state index in [9.17, 15) is 10.1 Å². The van der Waals surface area contributed by atoms with Gasteiger partial charge in [-0.15, -0.1) is 0 Å². The van der Waals surface area contributed by atoms with Crippen molar-refractivity contribution in [3.8, 4) is 0 Å². The van der Waals surface area contributed by atoms with Gasteiger partial charge in [0.15, 0.2) is 17.3 Å². The van der Waals surface area contributed by atoms with Crippen molar-refractivity contribution < 1.29 is 9.34 Å². The van der Waals surface area contributed by atoms with Gasteiger partial charge in [-0.3, -0.25) is 15.5 Å². The van der Waals surface area contributed by atoms with E-state index in [4.69, 9.17) is 4.42 Å². The Morgan fingerprint density at radius 1 is 1.32 bits per heavy atom. The zero-order valence-electron chi connectivity index (χ0n) is 11.3. The van der Waals surface area contributed by atoms with E-state index in [0.29, 0.717) is 23.0 Å². The summed E-state index contributed by atoms with van der Waals surface area (Å²) in [7, 11) is 0. The van der Waals surface area contributed by atoms with Gasteiger partial charge in [-0.1, -0.05) is 0 Å². The summed E-state index contributed by atoms with van der Waals surface area (Å²) < 4.78 is 5.34. The van der Waals surface area contributed by atoms with Gasteiger partial charge in [0.05, 0.1) is 16.9 Å². The van der Waals surface area contributed by atoms with Crippen molar-refractivity contribution in [3.63, 3.8) is 0 Å². The monoisotopic (exact) mass is 297 g/mol. The quantitative estimate of drug-likeness (QED) is 0.427. The first-order chi connectivity index (χ1) is 10.7. The number of nitrogens with one attached hydrogen (secondary N) is 2. The third-order valence-corrected chi connectivity index (χ3v) is 2.85. The molecule has 110 valence electrons. The molecule has 22 heavy (non-hydrogen) atoms. The zero-order chi connectivity index (χ0) is 15.4. The molecule has 2 N–H and O–H groups in total. The topological polar surface area (TPSA) is 109 Å². The Bertz CT molecular complexity index is 740. The van der Waals surface area contributed by atoms with Crippen LogP contribution in [0.2, 0.25) is 0 Å². The van der Waals surface area contributed by atoms with Crippen LogP contribution in [0.25, 0.3) is 0 Å². The van der Waals surface area contributed by atoms with Crippen LogP contribution in [0, 0.1) is 10.1 Å². The molecule has 0 aliphatic rings. The van der Waals surface area contributed by atoms with Gasteiger partial charge in [-0.2, -0.15) is 5.10 Å². The number of nitro benzene ring substituents is 1. The fourth-order valence-corrected chi connectivity index (χ4v) is 1.81. The molecule has 1 aromatic carbocycles. The molecule has 0 radical (unpaired) electrons. The number of aromatic nitrogens is 2. The Hall–Kier alpha value is -3.42. The molecule has 0 amide bonds. The van der Waals surface area contributed by atoms with E-state index in [-0.39, 0.29) is 5.69 Å². The Morgan fingerprint density at radius 3 is 2.73 bits per heavy atom. The number of hydrogen-bond donors (Lipinski definition) is 2. The van der Waals surface area contributed by atoms with Gasteiger partial charge in [0.2, 0.25) is 0 Å². The van der Waals surface area contributed by atoms with Crippen LogP contribution in [0.15, 0.2) is 64.6 Å². The first-order valence-corrected chi connectivity index (χ1v) is 6.36. The van der Waals surface area contributed by atoms with Crippen LogP contribution in [0.3, 0.4) is 0 Å². The van der Waals surface area contributed by atoms with E-state index in [2.05, 4.69) is 20.5 Å². The molecule has 3 rings (SSSR count). The molecule has 2 aromatic heterocycles. The molecule has 0 aliphatic carbocycles. The van der Waals surface area contributed by atoms with E-state index in [1.807, 2.05) is 0 Å². The van der Waals surface area contributed by atoms with Gasteiger partial charge in [0.1, 0.15) is 0 Å². The number of imidazole rings is 1. The highest BCUT2D eigenvalue weighted by Crippen LogP contribution is 2.16. The van der Waals surface area contributed by atoms with Crippen molar-refractivity contribution >= 4 is 17.1 Å². The van der Waals surface area contributed by atoms with Crippen molar-refractivity contribution in [2.45, 2.75) is 0 Å². The normalized spacial score (nSPS) is 11.4. The number of non-ortho nitro benzene ring substituents is 1. The van der Waals surface area contributed by atoms with Gasteiger partial charge in [-0.05, 0) is 24.3 Å². The molecule has 8 heteroatoms. The van der Waals surface area contributed by atoms with Gasteiger partial charge < -0.3 is 9.40 Å². The lowest BCUT2D eigenvalue weighted by Crippen LogP contribution is -2.07. The summed E-state index contributed by atoms with van der Waals surface area (Å²) in [6.07, 6.45) is 4.83. The van der Waals surface area contributed by atoms with Crippen LogP contribution in [-0.4, -0.2) is 20.6 Å². The number of H-pyrrole nitrogens is 1. The lowest BCUT2D eigenvalue weighted by molar-refractivity contribution is -0.384. The lowest BCUT2D eigenvalue weighted by Gasteiger charge is -2.03. The minimum Gasteiger partial charge on any atom is -0.463 e. The van der Waals surface area contributed by atoms with Gasteiger partial charge in [-0.25, -0.2) is 4.98 Å². The molecule has 0 saturated carbocycles. The Labute approximate surface area is 124 Å². The second-order valence-electron chi connectivity index (χ2n) is 4.29. The summed E-state index contributed by atoms with van der Waals surface area (Å²) in [6, 6.07) is 9.46. The molecule has 8 nitrogen and oxygen atoms in total.